The number of carbonyl (C=O) groups excluding carboxylic acids is 1. The average molecular weight is 295 g/mol. The van der Waals surface area contributed by atoms with Crippen molar-refractivity contribution in [3.8, 4) is 0 Å². The molecule has 1 aliphatic rings. The highest BCUT2D eigenvalue weighted by Gasteiger charge is 2.40. The maximum absolute atomic E-state index is 13.5. The largest absolute Gasteiger partial charge is 0.481 e. The summed E-state index contributed by atoms with van der Waals surface area (Å²) < 4.78 is 65.9. The Bertz CT molecular complexity index is 590. The van der Waals surface area contributed by atoms with Crippen LogP contribution in [0.5, 0.6) is 0 Å². The first-order chi connectivity index (χ1) is 9.25. The number of hydrogen-bond donors (Lipinski definition) is 1. The first-order valence-electron chi connectivity index (χ1n) is 5.30. The Morgan fingerprint density at radius 1 is 1.00 bits per heavy atom. The second-order valence-corrected chi connectivity index (χ2v) is 4.16. The summed E-state index contributed by atoms with van der Waals surface area (Å²) in [6.45, 7) is -0.660. The molecule has 0 aromatic heterocycles. The zero-order chi connectivity index (χ0) is 15.2. The molecule has 0 bridgehead atoms. The minimum atomic E-state index is -2.34. The molecule has 0 radical (unpaired) electrons. The van der Waals surface area contributed by atoms with Gasteiger partial charge in [-0.05, 0) is 0 Å². The van der Waals surface area contributed by atoms with Crippen LogP contribution in [-0.4, -0.2) is 23.5 Å². The smallest absolute Gasteiger partial charge is 0.308 e. The third-order valence-corrected chi connectivity index (χ3v) is 2.93. The van der Waals surface area contributed by atoms with E-state index >= 15 is 0 Å². The van der Waals surface area contributed by atoms with Gasteiger partial charge in [0.1, 0.15) is 5.69 Å². The third kappa shape index (κ3) is 1.98. The Kier molecular flexibility index (Phi) is 3.36. The molecule has 1 aliphatic heterocycles. The van der Waals surface area contributed by atoms with Gasteiger partial charge in [-0.15, -0.1) is 0 Å². The molecule has 1 amide bonds. The lowest BCUT2D eigenvalue weighted by atomic mass is 10.1. The molecule has 1 fully saturated rings. The van der Waals surface area contributed by atoms with Gasteiger partial charge in [0.15, 0.2) is 23.3 Å². The van der Waals surface area contributed by atoms with Crippen LogP contribution in [0.4, 0.5) is 27.6 Å². The lowest BCUT2D eigenvalue weighted by molar-refractivity contribution is -0.141. The lowest BCUT2D eigenvalue weighted by Crippen LogP contribution is -2.29. The van der Waals surface area contributed by atoms with Gasteiger partial charge >= 0.3 is 5.97 Å². The average Bonchev–Trinajstić information content (AvgIpc) is 2.77. The van der Waals surface area contributed by atoms with E-state index in [1.165, 1.54) is 0 Å². The second-order valence-electron chi connectivity index (χ2n) is 4.16. The molecule has 1 atom stereocenters. The van der Waals surface area contributed by atoms with Gasteiger partial charge in [-0.3, -0.25) is 9.59 Å². The molecule has 4 nitrogen and oxygen atoms in total. The van der Waals surface area contributed by atoms with Gasteiger partial charge in [0.2, 0.25) is 11.7 Å². The maximum atomic E-state index is 13.5. The van der Waals surface area contributed by atoms with E-state index in [9.17, 15) is 31.5 Å². The zero-order valence-corrected chi connectivity index (χ0v) is 9.59. The van der Waals surface area contributed by atoms with Crippen molar-refractivity contribution in [2.45, 2.75) is 6.42 Å². The molecule has 1 heterocycles. The Balaban J connectivity index is 2.54. The highest BCUT2D eigenvalue weighted by molar-refractivity contribution is 5.99. The van der Waals surface area contributed by atoms with Crippen LogP contribution in [-0.2, 0) is 9.59 Å². The van der Waals surface area contributed by atoms with Crippen molar-refractivity contribution in [1.82, 2.24) is 0 Å². The van der Waals surface area contributed by atoms with E-state index < -0.39 is 65.5 Å². The summed E-state index contributed by atoms with van der Waals surface area (Å²) in [5.41, 5.74) is -1.42. The van der Waals surface area contributed by atoms with Gasteiger partial charge in [0.05, 0.1) is 5.92 Å². The molecule has 20 heavy (non-hydrogen) atoms. The minimum absolute atomic E-state index is 0.259. The highest BCUT2D eigenvalue weighted by Crippen LogP contribution is 2.34. The van der Waals surface area contributed by atoms with Crippen molar-refractivity contribution in [2.24, 2.45) is 5.92 Å². The van der Waals surface area contributed by atoms with Gasteiger partial charge in [-0.25, -0.2) is 22.0 Å². The molecular formula is C11H6F5NO3. The molecule has 9 heteroatoms. The van der Waals surface area contributed by atoms with Crippen molar-refractivity contribution in [2.75, 3.05) is 11.4 Å². The summed E-state index contributed by atoms with van der Waals surface area (Å²) in [6, 6.07) is 0. The van der Waals surface area contributed by atoms with E-state index in [4.69, 9.17) is 5.11 Å². The van der Waals surface area contributed by atoms with Gasteiger partial charge < -0.3 is 10.0 Å². The van der Waals surface area contributed by atoms with Gasteiger partial charge in [0, 0.05) is 13.0 Å². The van der Waals surface area contributed by atoms with E-state index in [1.807, 2.05) is 0 Å². The van der Waals surface area contributed by atoms with Gasteiger partial charge in [0.25, 0.3) is 0 Å². The summed E-state index contributed by atoms with van der Waals surface area (Å²) in [4.78, 5) is 22.5. The highest BCUT2D eigenvalue weighted by atomic mass is 19.2. The predicted octanol–water partition coefficient (Wildman–Crippen LogP) is 1.82. The second kappa shape index (κ2) is 4.73. The fourth-order valence-corrected chi connectivity index (χ4v) is 1.92. The van der Waals surface area contributed by atoms with E-state index in [0.29, 0.717) is 0 Å². The van der Waals surface area contributed by atoms with Crippen molar-refractivity contribution >= 4 is 17.6 Å². The van der Waals surface area contributed by atoms with E-state index in [-0.39, 0.29) is 4.90 Å². The van der Waals surface area contributed by atoms with Crippen molar-refractivity contribution in [1.29, 1.82) is 0 Å². The number of amides is 1. The van der Waals surface area contributed by atoms with Crippen molar-refractivity contribution < 1.29 is 36.6 Å². The standard InChI is InChI=1S/C11H6F5NO3/c12-5-6(13)8(15)10(9(16)7(5)14)17-2-3(11(19)20)1-4(17)18/h3H,1-2H2,(H,19,20). The number of carboxylic acid groups (broad SMARTS) is 1. The van der Waals surface area contributed by atoms with Crippen LogP contribution in [0.25, 0.3) is 0 Å². The zero-order valence-electron chi connectivity index (χ0n) is 9.59. The monoisotopic (exact) mass is 295 g/mol. The van der Waals surface area contributed by atoms with Crippen LogP contribution >= 0.6 is 0 Å². The first-order valence-corrected chi connectivity index (χ1v) is 5.30. The SMILES string of the molecule is O=C(O)C1CC(=O)N(c2c(F)c(F)c(F)c(F)c2F)C1. The molecule has 0 saturated carbocycles. The first kappa shape index (κ1) is 14.2. The van der Waals surface area contributed by atoms with Crippen molar-refractivity contribution in [3.05, 3.63) is 29.1 Å². The summed E-state index contributed by atoms with van der Waals surface area (Å²) in [7, 11) is 0. The molecule has 1 unspecified atom stereocenters. The molecule has 108 valence electrons. The molecule has 2 rings (SSSR count). The summed E-state index contributed by atoms with van der Waals surface area (Å²) >= 11 is 0. The molecular weight excluding hydrogens is 289 g/mol. The number of hydrogen-bond acceptors (Lipinski definition) is 2. The third-order valence-electron chi connectivity index (χ3n) is 2.93. The Labute approximate surface area is 108 Å². The van der Waals surface area contributed by atoms with Gasteiger partial charge in [-0.1, -0.05) is 0 Å². The fourth-order valence-electron chi connectivity index (χ4n) is 1.92. The van der Waals surface area contributed by atoms with Crippen LogP contribution in [0.3, 0.4) is 0 Å². The fraction of sp³-hybridized carbons (Fsp3) is 0.273. The molecule has 1 aromatic carbocycles. The number of rotatable bonds is 2. The number of carbonyl (C=O) groups is 2. The van der Waals surface area contributed by atoms with E-state index in [1.54, 1.807) is 0 Å². The van der Waals surface area contributed by atoms with Crippen LogP contribution in [0, 0.1) is 35.0 Å². The Hall–Kier alpha value is -2.19. The quantitative estimate of drug-likeness (QED) is 0.514. The van der Waals surface area contributed by atoms with Crippen LogP contribution in [0.1, 0.15) is 6.42 Å². The number of nitrogens with zero attached hydrogens (tertiary/aromatic N) is 1. The predicted molar refractivity (Wildman–Crippen MR) is 54.3 cm³/mol. The number of anilines is 1. The summed E-state index contributed by atoms with van der Waals surface area (Å²) in [6.07, 6.45) is -0.575. The Morgan fingerprint density at radius 2 is 1.45 bits per heavy atom. The Morgan fingerprint density at radius 3 is 1.85 bits per heavy atom. The molecule has 0 aliphatic carbocycles. The summed E-state index contributed by atoms with van der Waals surface area (Å²) in [5.74, 6) is -14.7. The van der Waals surface area contributed by atoms with Crippen LogP contribution < -0.4 is 4.90 Å². The summed E-state index contributed by atoms with van der Waals surface area (Å²) in [5, 5.41) is 8.71. The lowest BCUT2D eigenvalue weighted by Gasteiger charge is -2.18. The molecule has 1 saturated heterocycles. The topological polar surface area (TPSA) is 57.6 Å². The maximum Gasteiger partial charge on any atom is 0.308 e. The van der Waals surface area contributed by atoms with Crippen LogP contribution in [0.15, 0.2) is 0 Å². The minimum Gasteiger partial charge on any atom is -0.481 e. The number of aliphatic carboxylic acids is 1. The van der Waals surface area contributed by atoms with Crippen molar-refractivity contribution in [3.63, 3.8) is 0 Å². The van der Waals surface area contributed by atoms with E-state index in [0.717, 1.165) is 0 Å². The molecule has 0 spiro atoms. The van der Waals surface area contributed by atoms with Gasteiger partial charge in [-0.2, -0.15) is 0 Å². The number of carboxylic acids is 1. The number of halogens is 5. The number of benzene rings is 1. The van der Waals surface area contributed by atoms with E-state index in [2.05, 4.69) is 0 Å². The normalized spacial score (nSPS) is 18.8. The molecule has 1 N–H and O–H groups in total. The van der Waals surface area contributed by atoms with Crippen LogP contribution in [0.2, 0.25) is 0 Å². The molecule has 1 aromatic rings.